The van der Waals surface area contributed by atoms with E-state index in [0.717, 1.165) is 17.1 Å². The van der Waals surface area contributed by atoms with Crippen molar-refractivity contribution < 1.29 is 9.18 Å². The zero-order valence-electron chi connectivity index (χ0n) is 18.8. The molecule has 176 valence electrons. The Morgan fingerprint density at radius 2 is 2.00 bits per heavy atom. The van der Waals surface area contributed by atoms with E-state index in [2.05, 4.69) is 9.97 Å². The second-order valence-electron chi connectivity index (χ2n) is 8.24. The van der Waals surface area contributed by atoms with Crippen LogP contribution in [-0.2, 0) is 17.9 Å². The van der Waals surface area contributed by atoms with Crippen LogP contribution < -0.4 is 27.4 Å². The summed E-state index contributed by atoms with van der Waals surface area (Å²) in [5.41, 5.74) is 4.32. The smallest absolute Gasteiger partial charge is 0.330 e. The van der Waals surface area contributed by atoms with Crippen LogP contribution in [0, 0.1) is 11.7 Å². The van der Waals surface area contributed by atoms with Gasteiger partial charge in [0.2, 0.25) is 5.91 Å². The average Bonchev–Trinajstić information content (AvgIpc) is 2.75. The Balaban J connectivity index is 2.06. The Hall–Kier alpha value is -3.76. The number of aromatic nitrogens is 4. The number of rotatable bonds is 8. The maximum Gasteiger partial charge on any atom is 0.330 e. The van der Waals surface area contributed by atoms with Crippen molar-refractivity contribution in [3.8, 4) is 0 Å². The quantitative estimate of drug-likeness (QED) is 0.524. The maximum absolute atomic E-state index is 13.6. The molecule has 1 aromatic carbocycles. The Kier molecular flexibility index (Phi) is 7.10. The molecule has 11 heteroatoms. The van der Waals surface area contributed by atoms with Crippen molar-refractivity contribution in [2.75, 3.05) is 17.2 Å². The van der Waals surface area contributed by atoms with Gasteiger partial charge in [-0.1, -0.05) is 27.2 Å². The monoisotopic (exact) mass is 458 g/mol. The number of hydrogen-bond acceptors (Lipinski definition) is 6. The summed E-state index contributed by atoms with van der Waals surface area (Å²) in [7, 11) is 0. The van der Waals surface area contributed by atoms with Crippen LogP contribution in [0.2, 0.25) is 0 Å². The molecule has 1 amide bonds. The van der Waals surface area contributed by atoms with Crippen molar-refractivity contribution in [2.45, 2.75) is 46.7 Å². The Bertz CT molecular complexity index is 1360. The van der Waals surface area contributed by atoms with Gasteiger partial charge in [0.15, 0.2) is 5.69 Å². The Labute approximate surface area is 188 Å². The van der Waals surface area contributed by atoms with Crippen molar-refractivity contribution in [1.82, 2.24) is 19.1 Å². The fourth-order valence-corrected chi connectivity index (χ4v) is 3.54. The van der Waals surface area contributed by atoms with Crippen molar-refractivity contribution in [2.24, 2.45) is 5.92 Å². The Morgan fingerprint density at radius 3 is 2.67 bits per heavy atom. The first-order valence-corrected chi connectivity index (χ1v) is 10.7. The van der Waals surface area contributed by atoms with Gasteiger partial charge in [-0.3, -0.25) is 28.5 Å². The van der Waals surface area contributed by atoms with E-state index in [1.165, 1.54) is 27.9 Å². The fraction of sp³-hybridized carbons (Fsp3) is 0.409. The standard InChI is InChI=1S/C22H27FN6O4/c1-4-5-8-28(18-19(24)29(10-13(2)3)22(33)26-20(18)31)17(30)11-27-12-25-16-7-6-14(23)9-15(16)21(27)32/h6-7,9,12-13H,4-5,8,10-11,24H2,1-3H3,(H,26,31,33). The second kappa shape index (κ2) is 9.80. The zero-order chi connectivity index (χ0) is 24.3. The normalized spacial score (nSPS) is 11.3. The Morgan fingerprint density at radius 1 is 1.27 bits per heavy atom. The maximum atomic E-state index is 13.6. The number of benzene rings is 1. The minimum Gasteiger partial charge on any atom is -0.383 e. The molecule has 10 nitrogen and oxygen atoms in total. The van der Waals surface area contributed by atoms with Gasteiger partial charge in [-0.25, -0.2) is 14.2 Å². The number of anilines is 2. The van der Waals surface area contributed by atoms with E-state index in [-0.39, 0.29) is 35.9 Å². The summed E-state index contributed by atoms with van der Waals surface area (Å²) in [5.74, 6) is -1.24. The molecule has 0 fully saturated rings. The SMILES string of the molecule is CCCCN(C(=O)Cn1cnc2ccc(F)cc2c1=O)c1c(N)n(CC(C)C)c(=O)[nH]c1=O. The van der Waals surface area contributed by atoms with E-state index in [1.54, 1.807) is 0 Å². The van der Waals surface area contributed by atoms with Gasteiger partial charge in [0, 0.05) is 13.1 Å². The van der Waals surface area contributed by atoms with Crippen LogP contribution in [0.25, 0.3) is 10.9 Å². The van der Waals surface area contributed by atoms with Crippen LogP contribution in [-0.4, -0.2) is 31.6 Å². The van der Waals surface area contributed by atoms with Crippen LogP contribution in [0.15, 0.2) is 38.9 Å². The number of fused-ring (bicyclic) bond motifs is 1. The molecule has 0 aliphatic heterocycles. The molecule has 0 atom stereocenters. The number of nitrogen functional groups attached to an aromatic ring is 1. The van der Waals surface area contributed by atoms with E-state index in [0.29, 0.717) is 11.9 Å². The van der Waals surface area contributed by atoms with Crippen molar-refractivity contribution in [3.05, 3.63) is 61.5 Å². The highest BCUT2D eigenvalue weighted by Gasteiger charge is 2.25. The summed E-state index contributed by atoms with van der Waals surface area (Å²) in [6.45, 7) is 5.67. The number of hydrogen-bond donors (Lipinski definition) is 2. The molecule has 0 spiro atoms. The van der Waals surface area contributed by atoms with E-state index < -0.39 is 35.1 Å². The molecule has 0 unspecified atom stereocenters. The number of carbonyl (C=O) groups excluding carboxylic acids is 1. The molecular weight excluding hydrogens is 431 g/mol. The van der Waals surface area contributed by atoms with Gasteiger partial charge in [-0.2, -0.15) is 0 Å². The largest absolute Gasteiger partial charge is 0.383 e. The molecule has 0 radical (unpaired) electrons. The molecule has 3 N–H and O–H groups in total. The summed E-state index contributed by atoms with van der Waals surface area (Å²) >= 11 is 0. The van der Waals surface area contributed by atoms with Gasteiger partial charge >= 0.3 is 5.69 Å². The third-order valence-electron chi connectivity index (χ3n) is 5.16. The van der Waals surface area contributed by atoms with Gasteiger partial charge in [0.1, 0.15) is 18.2 Å². The van der Waals surface area contributed by atoms with Crippen molar-refractivity contribution in [1.29, 1.82) is 0 Å². The van der Waals surface area contributed by atoms with Gasteiger partial charge in [-0.15, -0.1) is 0 Å². The molecule has 0 saturated carbocycles. The molecule has 33 heavy (non-hydrogen) atoms. The number of aromatic amines is 1. The van der Waals surface area contributed by atoms with Crippen LogP contribution >= 0.6 is 0 Å². The lowest BCUT2D eigenvalue weighted by molar-refractivity contribution is -0.119. The van der Waals surface area contributed by atoms with Crippen molar-refractivity contribution in [3.63, 3.8) is 0 Å². The topological polar surface area (TPSA) is 136 Å². The van der Waals surface area contributed by atoms with E-state index in [4.69, 9.17) is 5.73 Å². The highest BCUT2D eigenvalue weighted by Crippen LogP contribution is 2.19. The van der Waals surface area contributed by atoms with E-state index in [1.807, 2.05) is 20.8 Å². The predicted molar refractivity (Wildman–Crippen MR) is 124 cm³/mol. The number of amides is 1. The molecule has 2 heterocycles. The lowest BCUT2D eigenvalue weighted by Gasteiger charge is -2.25. The number of nitrogens with two attached hydrogens (primary N) is 1. The minimum absolute atomic E-state index is 0.0354. The highest BCUT2D eigenvalue weighted by atomic mass is 19.1. The first-order chi connectivity index (χ1) is 15.6. The van der Waals surface area contributed by atoms with Gasteiger partial charge in [0.25, 0.3) is 11.1 Å². The molecule has 0 aliphatic rings. The summed E-state index contributed by atoms with van der Waals surface area (Å²) in [4.78, 5) is 58.5. The third-order valence-corrected chi connectivity index (χ3v) is 5.16. The second-order valence-corrected chi connectivity index (χ2v) is 8.24. The lowest BCUT2D eigenvalue weighted by atomic mass is 10.2. The van der Waals surface area contributed by atoms with Crippen LogP contribution in [0.4, 0.5) is 15.9 Å². The summed E-state index contributed by atoms with van der Waals surface area (Å²) < 4.78 is 15.9. The number of unbranched alkanes of at least 4 members (excludes halogenated alkanes) is 1. The zero-order valence-corrected chi connectivity index (χ0v) is 18.8. The van der Waals surface area contributed by atoms with Gasteiger partial charge < -0.3 is 10.6 Å². The number of carbonyl (C=O) groups is 1. The molecule has 0 bridgehead atoms. The average molecular weight is 458 g/mol. The highest BCUT2D eigenvalue weighted by molar-refractivity contribution is 5.95. The first kappa shape index (κ1) is 23.9. The first-order valence-electron chi connectivity index (χ1n) is 10.7. The molecule has 0 aliphatic carbocycles. The van der Waals surface area contributed by atoms with Crippen LogP contribution in [0.3, 0.4) is 0 Å². The van der Waals surface area contributed by atoms with Gasteiger partial charge in [-0.05, 0) is 30.5 Å². The third kappa shape index (κ3) is 5.02. The molecule has 3 rings (SSSR count). The summed E-state index contributed by atoms with van der Waals surface area (Å²) in [6.07, 6.45) is 2.49. The predicted octanol–water partition coefficient (Wildman–Crippen LogP) is 1.46. The van der Waals surface area contributed by atoms with E-state index >= 15 is 0 Å². The number of H-pyrrole nitrogens is 1. The van der Waals surface area contributed by atoms with E-state index in [9.17, 15) is 23.6 Å². The van der Waals surface area contributed by atoms with Crippen LogP contribution in [0.1, 0.15) is 33.6 Å². The number of nitrogens with zero attached hydrogens (tertiary/aromatic N) is 4. The minimum atomic E-state index is -0.784. The lowest BCUT2D eigenvalue weighted by Crippen LogP contribution is -2.44. The number of halogens is 1. The molecular formula is C22H27FN6O4. The number of nitrogens with one attached hydrogen (secondary N) is 1. The van der Waals surface area contributed by atoms with Crippen molar-refractivity contribution >= 4 is 28.3 Å². The summed E-state index contributed by atoms with van der Waals surface area (Å²) in [5, 5.41) is 0.0354. The molecule has 3 aromatic rings. The molecule has 0 saturated heterocycles. The fourth-order valence-electron chi connectivity index (χ4n) is 3.54. The molecule has 2 aromatic heterocycles. The van der Waals surface area contributed by atoms with Gasteiger partial charge in [0.05, 0.1) is 17.2 Å². The van der Waals surface area contributed by atoms with Crippen LogP contribution in [0.5, 0.6) is 0 Å². The summed E-state index contributed by atoms with van der Waals surface area (Å²) in [6, 6.07) is 3.63.